The third-order valence-corrected chi connectivity index (χ3v) is 3.45. The van der Waals surface area contributed by atoms with Crippen molar-refractivity contribution in [2.45, 2.75) is 70.0 Å². The summed E-state index contributed by atoms with van der Waals surface area (Å²) >= 11 is 0. The molecule has 104 valence electrons. The largest absolute Gasteiger partial charge is 0.387 e. The summed E-state index contributed by atoms with van der Waals surface area (Å²) in [6.07, 6.45) is -2.53. The molecule has 0 spiro atoms. The Kier molecular flexibility index (Phi) is 2.75. The van der Waals surface area contributed by atoms with Crippen molar-refractivity contribution in [3.63, 3.8) is 0 Å². The fourth-order valence-electron chi connectivity index (χ4n) is 2.70. The van der Waals surface area contributed by atoms with Crippen molar-refractivity contribution in [2.24, 2.45) is 0 Å². The first-order chi connectivity index (χ1) is 8.27. The van der Waals surface area contributed by atoms with Gasteiger partial charge in [0.2, 0.25) is 0 Å². The molecule has 0 aromatic heterocycles. The van der Waals surface area contributed by atoms with E-state index in [1.54, 1.807) is 13.8 Å². The molecule has 3 saturated heterocycles. The van der Waals surface area contributed by atoms with Gasteiger partial charge in [0.25, 0.3) is 0 Å². The molecular formula is C12H20O6. The molecule has 3 aliphatic rings. The van der Waals surface area contributed by atoms with Crippen molar-refractivity contribution >= 4 is 0 Å². The topological polar surface area (TPSA) is 66.4 Å². The first-order valence-electron chi connectivity index (χ1n) is 6.28. The highest BCUT2D eigenvalue weighted by molar-refractivity contribution is 4.97. The smallest absolute Gasteiger partial charge is 0.190 e. The van der Waals surface area contributed by atoms with Crippen LogP contribution in [0, 0.1) is 0 Å². The molecule has 6 heteroatoms. The fraction of sp³-hybridized carbons (Fsp3) is 1.00. The molecule has 3 aliphatic heterocycles. The highest BCUT2D eigenvalue weighted by Crippen LogP contribution is 2.40. The van der Waals surface area contributed by atoms with Gasteiger partial charge >= 0.3 is 0 Å². The quantitative estimate of drug-likeness (QED) is 0.735. The molecular weight excluding hydrogens is 240 g/mol. The molecule has 0 aliphatic carbocycles. The number of fused-ring (bicyclic) bond motifs is 1. The lowest BCUT2D eigenvalue weighted by Crippen LogP contribution is -2.42. The Morgan fingerprint density at radius 2 is 1.67 bits per heavy atom. The van der Waals surface area contributed by atoms with E-state index < -0.39 is 36.2 Å². The van der Waals surface area contributed by atoms with E-state index in [9.17, 15) is 5.11 Å². The van der Waals surface area contributed by atoms with Gasteiger partial charge in [-0.15, -0.1) is 0 Å². The number of aliphatic hydroxyl groups excluding tert-OH is 1. The van der Waals surface area contributed by atoms with Crippen molar-refractivity contribution in [1.82, 2.24) is 0 Å². The molecule has 0 amide bonds. The Morgan fingerprint density at radius 1 is 0.944 bits per heavy atom. The monoisotopic (exact) mass is 260 g/mol. The fourth-order valence-corrected chi connectivity index (χ4v) is 2.70. The van der Waals surface area contributed by atoms with Crippen LogP contribution >= 0.6 is 0 Å². The molecule has 3 rings (SSSR count). The van der Waals surface area contributed by atoms with Crippen LogP contribution in [-0.4, -0.2) is 54.0 Å². The lowest BCUT2D eigenvalue weighted by molar-refractivity contribution is -0.232. The zero-order valence-corrected chi connectivity index (χ0v) is 11.1. The maximum Gasteiger partial charge on any atom is 0.190 e. The van der Waals surface area contributed by atoms with E-state index in [-0.39, 0.29) is 6.10 Å². The van der Waals surface area contributed by atoms with E-state index in [1.807, 2.05) is 13.8 Å². The summed E-state index contributed by atoms with van der Waals surface area (Å²) in [6.45, 7) is 7.68. The van der Waals surface area contributed by atoms with E-state index >= 15 is 0 Å². The van der Waals surface area contributed by atoms with Gasteiger partial charge in [-0.05, 0) is 27.7 Å². The number of rotatable bonds is 1. The zero-order chi connectivity index (χ0) is 13.1. The van der Waals surface area contributed by atoms with Crippen LogP contribution in [0.15, 0.2) is 0 Å². The Bertz CT molecular complexity index is 341. The molecule has 1 N–H and O–H groups in total. The van der Waals surface area contributed by atoms with Gasteiger partial charge in [-0.3, -0.25) is 0 Å². The van der Waals surface area contributed by atoms with Crippen LogP contribution in [0.2, 0.25) is 0 Å². The Morgan fingerprint density at radius 3 is 2.22 bits per heavy atom. The number of ether oxygens (including phenoxy) is 5. The Balaban J connectivity index is 1.68. The van der Waals surface area contributed by atoms with Crippen molar-refractivity contribution in [3.8, 4) is 0 Å². The molecule has 0 bridgehead atoms. The predicted molar refractivity (Wildman–Crippen MR) is 59.6 cm³/mol. The second-order valence-electron chi connectivity index (χ2n) is 5.93. The maximum atomic E-state index is 10.3. The number of hydrogen-bond donors (Lipinski definition) is 1. The lowest BCUT2D eigenvalue weighted by Gasteiger charge is -2.26. The minimum Gasteiger partial charge on any atom is -0.387 e. The molecule has 0 radical (unpaired) electrons. The zero-order valence-electron chi connectivity index (χ0n) is 11.1. The average Bonchev–Trinajstić information content (AvgIpc) is 2.81. The summed E-state index contributed by atoms with van der Waals surface area (Å²) in [5.41, 5.74) is 0. The normalized spacial score (nSPS) is 49.5. The molecule has 3 fully saturated rings. The van der Waals surface area contributed by atoms with Crippen LogP contribution in [0.25, 0.3) is 0 Å². The standard InChI is InChI=1S/C12H20O6/c1-11(2)14-5-6(16-11)8-7(13)9-10(15-8)18-12(3,4)17-9/h6-10,13H,5H2,1-4H3/t6-,7-,8?,9-,10-/m1/s1. The van der Waals surface area contributed by atoms with E-state index in [2.05, 4.69) is 0 Å². The molecule has 0 saturated carbocycles. The molecule has 0 aromatic carbocycles. The number of hydrogen-bond acceptors (Lipinski definition) is 6. The molecule has 18 heavy (non-hydrogen) atoms. The summed E-state index contributed by atoms with van der Waals surface area (Å²) in [5.74, 6) is -1.35. The summed E-state index contributed by atoms with van der Waals surface area (Å²) in [7, 11) is 0. The van der Waals surface area contributed by atoms with Crippen LogP contribution in [0.1, 0.15) is 27.7 Å². The van der Waals surface area contributed by atoms with Gasteiger partial charge in [-0.1, -0.05) is 0 Å². The summed E-state index contributed by atoms with van der Waals surface area (Å²) in [6, 6.07) is 0. The van der Waals surface area contributed by atoms with Gasteiger partial charge < -0.3 is 28.8 Å². The lowest BCUT2D eigenvalue weighted by atomic mass is 10.1. The van der Waals surface area contributed by atoms with Crippen LogP contribution in [-0.2, 0) is 23.7 Å². The second kappa shape index (κ2) is 3.88. The molecule has 1 unspecified atom stereocenters. The molecule has 0 aromatic rings. The van der Waals surface area contributed by atoms with E-state index in [1.165, 1.54) is 0 Å². The van der Waals surface area contributed by atoms with Gasteiger partial charge in [0.05, 0.1) is 6.61 Å². The number of aliphatic hydroxyl groups is 1. The second-order valence-corrected chi connectivity index (χ2v) is 5.93. The van der Waals surface area contributed by atoms with Crippen molar-refractivity contribution in [1.29, 1.82) is 0 Å². The highest BCUT2D eigenvalue weighted by atomic mass is 16.8. The summed E-state index contributed by atoms with van der Waals surface area (Å²) in [5, 5.41) is 10.3. The minimum atomic E-state index is -0.765. The van der Waals surface area contributed by atoms with Gasteiger partial charge in [0.15, 0.2) is 17.9 Å². The average molecular weight is 260 g/mol. The first kappa shape index (κ1) is 12.8. The van der Waals surface area contributed by atoms with Crippen LogP contribution in [0.5, 0.6) is 0 Å². The van der Waals surface area contributed by atoms with E-state index in [4.69, 9.17) is 23.7 Å². The van der Waals surface area contributed by atoms with Crippen LogP contribution in [0.3, 0.4) is 0 Å². The van der Waals surface area contributed by atoms with Gasteiger partial charge in [-0.25, -0.2) is 0 Å². The molecule has 6 nitrogen and oxygen atoms in total. The summed E-state index contributed by atoms with van der Waals surface area (Å²) in [4.78, 5) is 0. The van der Waals surface area contributed by atoms with Gasteiger partial charge in [0.1, 0.15) is 24.4 Å². The molecule has 3 heterocycles. The Hall–Kier alpha value is -0.240. The van der Waals surface area contributed by atoms with Crippen molar-refractivity contribution in [3.05, 3.63) is 0 Å². The minimum absolute atomic E-state index is 0.295. The van der Waals surface area contributed by atoms with E-state index in [0.29, 0.717) is 6.61 Å². The summed E-state index contributed by atoms with van der Waals surface area (Å²) < 4.78 is 28.1. The van der Waals surface area contributed by atoms with Crippen LogP contribution in [0.4, 0.5) is 0 Å². The van der Waals surface area contributed by atoms with Crippen LogP contribution < -0.4 is 0 Å². The third-order valence-electron chi connectivity index (χ3n) is 3.45. The molecule has 5 atom stereocenters. The SMILES string of the molecule is CC1(C)O[C@H]2OC([C@H]3COC(C)(C)O3)[C@@H](O)[C@H]2O1. The Labute approximate surface area is 106 Å². The van der Waals surface area contributed by atoms with Gasteiger partial charge in [-0.2, -0.15) is 0 Å². The van der Waals surface area contributed by atoms with Gasteiger partial charge in [0, 0.05) is 0 Å². The van der Waals surface area contributed by atoms with E-state index in [0.717, 1.165) is 0 Å². The maximum absolute atomic E-state index is 10.3. The predicted octanol–water partition coefficient (Wildman–Crippen LogP) is 0.375. The highest BCUT2D eigenvalue weighted by Gasteiger charge is 2.57. The first-order valence-corrected chi connectivity index (χ1v) is 6.28. The van der Waals surface area contributed by atoms with Crippen molar-refractivity contribution < 1.29 is 28.8 Å². The third kappa shape index (κ3) is 2.07. The van der Waals surface area contributed by atoms with Crippen molar-refractivity contribution in [2.75, 3.05) is 6.61 Å².